The average Bonchev–Trinajstić information content (AvgIpc) is 2.39. The minimum Gasteiger partial charge on any atom is -0.496 e. The van der Waals surface area contributed by atoms with Crippen molar-refractivity contribution in [1.29, 1.82) is 0 Å². The van der Waals surface area contributed by atoms with E-state index in [1.54, 1.807) is 49.4 Å². The second-order valence-corrected chi connectivity index (χ2v) is 4.25. The number of benzene rings is 2. The van der Waals surface area contributed by atoms with Crippen molar-refractivity contribution in [2.45, 2.75) is 12.5 Å². The maximum Gasteiger partial charge on any atom is 0.129 e. The van der Waals surface area contributed by atoms with E-state index in [1.165, 1.54) is 13.2 Å². The zero-order valence-electron chi connectivity index (χ0n) is 10.4. The summed E-state index contributed by atoms with van der Waals surface area (Å²) in [7, 11) is 1.52. The molecule has 0 aliphatic rings. The van der Waals surface area contributed by atoms with Crippen LogP contribution in [0.1, 0.15) is 18.1 Å². The van der Waals surface area contributed by atoms with E-state index in [-0.39, 0.29) is 5.56 Å². The van der Waals surface area contributed by atoms with Gasteiger partial charge in [-0.2, -0.15) is 0 Å². The monoisotopic (exact) mass is 246 g/mol. The summed E-state index contributed by atoms with van der Waals surface area (Å²) in [6.45, 7) is 1.56. The first-order valence-electron chi connectivity index (χ1n) is 5.68. The van der Waals surface area contributed by atoms with E-state index in [1.807, 2.05) is 0 Å². The van der Waals surface area contributed by atoms with Gasteiger partial charge in [0, 0.05) is 11.1 Å². The standard InChI is InChI=1S/C15H15FO2/c1-15(17,11-7-3-5-9-13(11)16)12-8-4-6-10-14(12)18-2/h3-10,17H,1-2H3. The molecule has 2 aromatic rings. The van der Waals surface area contributed by atoms with Crippen molar-refractivity contribution in [3.05, 3.63) is 65.5 Å². The molecule has 3 heteroatoms. The Kier molecular flexibility index (Phi) is 3.34. The van der Waals surface area contributed by atoms with Gasteiger partial charge >= 0.3 is 0 Å². The lowest BCUT2D eigenvalue weighted by Gasteiger charge is -2.26. The molecule has 0 aromatic heterocycles. The maximum absolute atomic E-state index is 13.8. The van der Waals surface area contributed by atoms with Gasteiger partial charge in [0.2, 0.25) is 0 Å². The van der Waals surface area contributed by atoms with Crippen LogP contribution in [-0.2, 0) is 5.60 Å². The van der Waals surface area contributed by atoms with Crippen molar-refractivity contribution in [2.75, 3.05) is 7.11 Å². The first-order valence-corrected chi connectivity index (χ1v) is 5.68. The maximum atomic E-state index is 13.8. The molecule has 1 N–H and O–H groups in total. The summed E-state index contributed by atoms with van der Waals surface area (Å²) >= 11 is 0. The molecule has 0 heterocycles. The molecule has 2 nitrogen and oxygen atoms in total. The van der Waals surface area contributed by atoms with Crippen molar-refractivity contribution < 1.29 is 14.2 Å². The van der Waals surface area contributed by atoms with E-state index in [0.29, 0.717) is 11.3 Å². The van der Waals surface area contributed by atoms with E-state index in [4.69, 9.17) is 4.74 Å². The Morgan fingerprint density at radius 3 is 2.17 bits per heavy atom. The second kappa shape index (κ2) is 4.78. The third kappa shape index (κ3) is 2.09. The lowest BCUT2D eigenvalue weighted by Crippen LogP contribution is -2.25. The van der Waals surface area contributed by atoms with Gasteiger partial charge in [-0.25, -0.2) is 4.39 Å². The van der Waals surface area contributed by atoms with Crippen LogP contribution < -0.4 is 4.74 Å². The molecule has 0 radical (unpaired) electrons. The highest BCUT2D eigenvalue weighted by Gasteiger charge is 2.31. The van der Waals surface area contributed by atoms with Gasteiger partial charge in [-0.05, 0) is 19.1 Å². The first-order chi connectivity index (χ1) is 8.57. The fourth-order valence-electron chi connectivity index (χ4n) is 2.05. The predicted molar refractivity (Wildman–Crippen MR) is 68.1 cm³/mol. The number of aliphatic hydroxyl groups is 1. The van der Waals surface area contributed by atoms with Crippen LogP contribution in [0.4, 0.5) is 4.39 Å². The van der Waals surface area contributed by atoms with Gasteiger partial charge in [0.25, 0.3) is 0 Å². The van der Waals surface area contributed by atoms with Gasteiger partial charge < -0.3 is 9.84 Å². The van der Waals surface area contributed by atoms with E-state index >= 15 is 0 Å². The summed E-state index contributed by atoms with van der Waals surface area (Å²) in [5.41, 5.74) is -0.662. The Labute approximate surface area is 106 Å². The van der Waals surface area contributed by atoms with Crippen LogP contribution in [0.15, 0.2) is 48.5 Å². The predicted octanol–water partition coefficient (Wildman–Crippen LogP) is 3.09. The van der Waals surface area contributed by atoms with Gasteiger partial charge in [-0.1, -0.05) is 36.4 Å². The SMILES string of the molecule is COc1ccccc1C(C)(O)c1ccccc1F. The van der Waals surface area contributed by atoms with Crippen LogP contribution in [0, 0.1) is 5.82 Å². The van der Waals surface area contributed by atoms with Gasteiger partial charge in [0.15, 0.2) is 0 Å². The van der Waals surface area contributed by atoms with Crippen molar-refractivity contribution in [2.24, 2.45) is 0 Å². The second-order valence-electron chi connectivity index (χ2n) is 4.25. The van der Waals surface area contributed by atoms with Gasteiger partial charge in [0.1, 0.15) is 17.2 Å². The Morgan fingerprint density at radius 2 is 1.56 bits per heavy atom. The van der Waals surface area contributed by atoms with E-state index in [9.17, 15) is 9.50 Å². The van der Waals surface area contributed by atoms with Gasteiger partial charge in [-0.3, -0.25) is 0 Å². The van der Waals surface area contributed by atoms with Crippen LogP contribution in [0.3, 0.4) is 0 Å². The van der Waals surface area contributed by atoms with Crippen molar-refractivity contribution in [3.8, 4) is 5.75 Å². The van der Waals surface area contributed by atoms with E-state index in [2.05, 4.69) is 0 Å². The molecule has 2 aromatic carbocycles. The zero-order chi connectivity index (χ0) is 13.2. The highest BCUT2D eigenvalue weighted by molar-refractivity contribution is 5.44. The van der Waals surface area contributed by atoms with Gasteiger partial charge in [0.05, 0.1) is 7.11 Å². The van der Waals surface area contributed by atoms with Crippen LogP contribution in [0.2, 0.25) is 0 Å². The lowest BCUT2D eigenvalue weighted by atomic mass is 9.87. The van der Waals surface area contributed by atoms with Crippen molar-refractivity contribution in [3.63, 3.8) is 0 Å². The Morgan fingerprint density at radius 1 is 1.00 bits per heavy atom. The third-order valence-electron chi connectivity index (χ3n) is 3.03. The minimum atomic E-state index is -1.43. The molecule has 94 valence electrons. The molecule has 18 heavy (non-hydrogen) atoms. The zero-order valence-corrected chi connectivity index (χ0v) is 10.4. The molecule has 0 aliphatic heterocycles. The fraction of sp³-hybridized carbons (Fsp3) is 0.200. The molecule has 0 aliphatic carbocycles. The molecule has 1 unspecified atom stereocenters. The summed E-state index contributed by atoms with van der Waals surface area (Å²) in [6, 6.07) is 13.3. The largest absolute Gasteiger partial charge is 0.496 e. The number of hydrogen-bond acceptors (Lipinski definition) is 2. The molecule has 2 rings (SSSR count). The summed E-state index contributed by atoms with van der Waals surface area (Å²) < 4.78 is 19.0. The van der Waals surface area contributed by atoms with Crippen molar-refractivity contribution >= 4 is 0 Å². The molecule has 0 amide bonds. The van der Waals surface area contributed by atoms with Crippen LogP contribution in [0.25, 0.3) is 0 Å². The van der Waals surface area contributed by atoms with Crippen molar-refractivity contribution in [1.82, 2.24) is 0 Å². The van der Waals surface area contributed by atoms with E-state index in [0.717, 1.165) is 0 Å². The summed E-state index contributed by atoms with van der Waals surface area (Å²) in [5, 5.41) is 10.6. The first kappa shape index (κ1) is 12.6. The molecule has 0 saturated heterocycles. The van der Waals surface area contributed by atoms with E-state index < -0.39 is 11.4 Å². The van der Waals surface area contributed by atoms with Gasteiger partial charge in [-0.15, -0.1) is 0 Å². The quantitative estimate of drug-likeness (QED) is 0.901. The number of rotatable bonds is 3. The molecular formula is C15H15FO2. The van der Waals surface area contributed by atoms with Crippen LogP contribution in [-0.4, -0.2) is 12.2 Å². The average molecular weight is 246 g/mol. The number of halogens is 1. The third-order valence-corrected chi connectivity index (χ3v) is 3.03. The summed E-state index contributed by atoms with van der Waals surface area (Å²) in [5.74, 6) is 0.0964. The Balaban J connectivity index is 2.58. The van der Waals surface area contributed by atoms with Crippen LogP contribution >= 0.6 is 0 Å². The number of methoxy groups -OCH3 is 1. The number of ether oxygens (including phenoxy) is 1. The summed E-state index contributed by atoms with van der Waals surface area (Å²) in [6.07, 6.45) is 0. The Hall–Kier alpha value is -1.87. The Bertz CT molecular complexity index is 550. The normalized spacial score (nSPS) is 14.0. The smallest absolute Gasteiger partial charge is 0.129 e. The minimum absolute atomic E-state index is 0.231. The number of para-hydroxylation sites is 1. The van der Waals surface area contributed by atoms with Crippen LogP contribution in [0.5, 0.6) is 5.75 Å². The molecule has 0 fully saturated rings. The molecular weight excluding hydrogens is 231 g/mol. The highest BCUT2D eigenvalue weighted by Crippen LogP contribution is 2.36. The number of hydrogen-bond donors (Lipinski definition) is 1. The molecule has 0 spiro atoms. The summed E-state index contributed by atoms with van der Waals surface area (Å²) in [4.78, 5) is 0. The fourth-order valence-corrected chi connectivity index (χ4v) is 2.05. The molecule has 0 bridgehead atoms. The topological polar surface area (TPSA) is 29.5 Å². The molecule has 1 atom stereocenters. The molecule has 0 saturated carbocycles. The lowest BCUT2D eigenvalue weighted by molar-refractivity contribution is 0.0948. The highest BCUT2D eigenvalue weighted by atomic mass is 19.1.